The van der Waals surface area contributed by atoms with Crippen LogP contribution < -0.4 is 9.47 Å². The summed E-state index contributed by atoms with van der Waals surface area (Å²) in [7, 11) is 3.40. The molecule has 3 rings (SSSR count). The van der Waals surface area contributed by atoms with Gasteiger partial charge in [0.1, 0.15) is 18.1 Å². The Labute approximate surface area is 174 Å². The van der Waals surface area contributed by atoms with Gasteiger partial charge in [0.2, 0.25) is 5.91 Å². The van der Waals surface area contributed by atoms with Crippen molar-refractivity contribution in [2.45, 2.75) is 13.0 Å². The van der Waals surface area contributed by atoms with E-state index >= 15 is 0 Å². The van der Waals surface area contributed by atoms with Crippen LogP contribution in [0.4, 0.5) is 0 Å². The minimum absolute atomic E-state index is 0.0189. The lowest BCUT2D eigenvalue weighted by molar-refractivity contribution is -0.130. The summed E-state index contributed by atoms with van der Waals surface area (Å²) in [6.07, 6.45) is 0.318. The van der Waals surface area contributed by atoms with Crippen LogP contribution in [0.1, 0.15) is 6.42 Å². The average molecular weight is 413 g/mol. The third kappa shape index (κ3) is 5.45. The SMILES string of the molecule is COc1ccc(-c2n[nH]c(=S)n2CCC(=O)N(C)CCOc2ccccc2)cc1. The largest absolute Gasteiger partial charge is 0.497 e. The Balaban J connectivity index is 1.55. The van der Waals surface area contributed by atoms with Gasteiger partial charge in [-0.05, 0) is 48.6 Å². The fourth-order valence-electron chi connectivity index (χ4n) is 2.83. The molecule has 0 fully saturated rings. The van der Waals surface area contributed by atoms with E-state index in [2.05, 4.69) is 10.2 Å². The van der Waals surface area contributed by atoms with Gasteiger partial charge in [-0.2, -0.15) is 5.10 Å². The topological polar surface area (TPSA) is 72.4 Å². The highest BCUT2D eigenvalue weighted by atomic mass is 32.1. The highest BCUT2D eigenvalue weighted by molar-refractivity contribution is 7.71. The van der Waals surface area contributed by atoms with E-state index in [1.54, 1.807) is 19.1 Å². The van der Waals surface area contributed by atoms with Crippen molar-refractivity contribution in [1.29, 1.82) is 0 Å². The van der Waals surface area contributed by atoms with E-state index < -0.39 is 0 Å². The molecule has 152 valence electrons. The van der Waals surface area contributed by atoms with E-state index in [0.717, 1.165) is 17.1 Å². The molecule has 0 aliphatic heterocycles. The summed E-state index contributed by atoms with van der Waals surface area (Å²) in [6, 6.07) is 17.1. The van der Waals surface area contributed by atoms with Crippen molar-refractivity contribution in [2.75, 3.05) is 27.3 Å². The number of aromatic amines is 1. The summed E-state index contributed by atoms with van der Waals surface area (Å²) >= 11 is 5.34. The molecule has 0 saturated carbocycles. The predicted octanol–water partition coefficient (Wildman–Crippen LogP) is 3.54. The smallest absolute Gasteiger partial charge is 0.224 e. The average Bonchev–Trinajstić information content (AvgIpc) is 3.13. The second kappa shape index (κ2) is 9.88. The highest BCUT2D eigenvalue weighted by Crippen LogP contribution is 2.21. The number of amides is 1. The number of likely N-dealkylation sites (N-methyl/N-ethyl adjacent to an activating group) is 1. The molecule has 0 aliphatic carbocycles. The second-order valence-corrected chi connectivity index (χ2v) is 6.85. The number of aromatic nitrogens is 3. The zero-order chi connectivity index (χ0) is 20.6. The first-order chi connectivity index (χ1) is 14.1. The van der Waals surface area contributed by atoms with E-state index in [-0.39, 0.29) is 5.91 Å². The quantitative estimate of drug-likeness (QED) is 0.544. The third-order valence-electron chi connectivity index (χ3n) is 4.52. The normalized spacial score (nSPS) is 10.6. The molecule has 0 saturated heterocycles. The summed E-state index contributed by atoms with van der Waals surface area (Å²) in [5, 5.41) is 7.12. The first kappa shape index (κ1) is 20.6. The van der Waals surface area contributed by atoms with Gasteiger partial charge < -0.3 is 14.4 Å². The van der Waals surface area contributed by atoms with Crippen LogP contribution >= 0.6 is 12.2 Å². The Morgan fingerprint density at radius 2 is 1.86 bits per heavy atom. The number of H-pyrrole nitrogens is 1. The molecule has 0 unspecified atom stereocenters. The van der Waals surface area contributed by atoms with Crippen LogP contribution in [0.5, 0.6) is 11.5 Å². The van der Waals surface area contributed by atoms with E-state index in [4.69, 9.17) is 21.7 Å². The number of methoxy groups -OCH3 is 1. The molecule has 0 spiro atoms. The molecule has 0 radical (unpaired) electrons. The van der Waals surface area contributed by atoms with Gasteiger partial charge in [0.25, 0.3) is 0 Å². The zero-order valence-electron chi connectivity index (χ0n) is 16.5. The Hall–Kier alpha value is -3.13. The van der Waals surface area contributed by atoms with Gasteiger partial charge in [-0.25, -0.2) is 0 Å². The molecular formula is C21H24N4O3S. The molecule has 3 aromatic rings. The molecule has 1 heterocycles. The monoisotopic (exact) mass is 412 g/mol. The predicted molar refractivity (Wildman–Crippen MR) is 114 cm³/mol. The van der Waals surface area contributed by atoms with Gasteiger partial charge in [0.05, 0.1) is 13.7 Å². The maximum absolute atomic E-state index is 12.5. The lowest BCUT2D eigenvalue weighted by Crippen LogP contribution is -2.31. The van der Waals surface area contributed by atoms with Crippen molar-refractivity contribution in [1.82, 2.24) is 19.7 Å². The highest BCUT2D eigenvalue weighted by Gasteiger charge is 2.13. The van der Waals surface area contributed by atoms with Crippen molar-refractivity contribution in [3.8, 4) is 22.9 Å². The molecule has 0 aliphatic rings. The molecule has 2 aromatic carbocycles. The Morgan fingerprint density at radius 1 is 1.14 bits per heavy atom. The Morgan fingerprint density at radius 3 is 2.55 bits per heavy atom. The summed E-state index contributed by atoms with van der Waals surface area (Å²) in [5.41, 5.74) is 0.898. The van der Waals surface area contributed by atoms with Crippen LogP contribution in [-0.2, 0) is 11.3 Å². The number of carbonyl (C=O) groups excluding carboxylic acids is 1. The number of nitrogens with zero attached hydrogens (tertiary/aromatic N) is 3. The van der Waals surface area contributed by atoms with Crippen molar-refractivity contribution < 1.29 is 14.3 Å². The molecular weight excluding hydrogens is 388 g/mol. The lowest BCUT2D eigenvalue weighted by atomic mass is 10.2. The van der Waals surface area contributed by atoms with Crippen molar-refractivity contribution in [2.24, 2.45) is 0 Å². The van der Waals surface area contributed by atoms with Gasteiger partial charge in [0, 0.05) is 25.6 Å². The van der Waals surface area contributed by atoms with Gasteiger partial charge in [-0.1, -0.05) is 18.2 Å². The Kier molecular flexibility index (Phi) is 7.02. The standard InChI is InChI=1S/C21H24N4O3S/c1-24(14-15-28-18-6-4-3-5-7-18)19(26)12-13-25-20(22-23-21(25)29)16-8-10-17(27-2)11-9-16/h3-11H,12-15H2,1-2H3,(H,23,29). The van der Waals surface area contributed by atoms with Gasteiger partial charge >= 0.3 is 0 Å². The summed E-state index contributed by atoms with van der Waals surface area (Å²) < 4.78 is 13.2. The van der Waals surface area contributed by atoms with E-state index in [9.17, 15) is 4.79 Å². The first-order valence-electron chi connectivity index (χ1n) is 9.30. The molecule has 0 bridgehead atoms. The second-order valence-electron chi connectivity index (χ2n) is 6.46. The number of carbonyl (C=O) groups is 1. The van der Waals surface area contributed by atoms with E-state index in [1.807, 2.05) is 59.2 Å². The van der Waals surface area contributed by atoms with Gasteiger partial charge in [-0.15, -0.1) is 0 Å². The zero-order valence-corrected chi connectivity index (χ0v) is 17.3. The molecule has 29 heavy (non-hydrogen) atoms. The molecule has 1 aromatic heterocycles. The molecule has 0 atom stereocenters. The summed E-state index contributed by atoms with van der Waals surface area (Å²) in [5.74, 6) is 2.28. The lowest BCUT2D eigenvalue weighted by Gasteiger charge is -2.18. The van der Waals surface area contributed by atoms with Crippen LogP contribution in [0.15, 0.2) is 54.6 Å². The van der Waals surface area contributed by atoms with Crippen molar-refractivity contribution in [3.63, 3.8) is 0 Å². The number of ether oxygens (including phenoxy) is 2. The number of hydrogen-bond donors (Lipinski definition) is 1. The number of hydrogen-bond acceptors (Lipinski definition) is 5. The minimum atomic E-state index is 0.0189. The van der Waals surface area contributed by atoms with Crippen molar-refractivity contribution >= 4 is 18.1 Å². The maximum Gasteiger partial charge on any atom is 0.224 e. The molecule has 1 N–H and O–H groups in total. The molecule has 8 heteroatoms. The number of nitrogens with one attached hydrogen (secondary N) is 1. The minimum Gasteiger partial charge on any atom is -0.497 e. The summed E-state index contributed by atoms with van der Waals surface area (Å²) in [6.45, 7) is 1.39. The van der Waals surface area contributed by atoms with Crippen LogP contribution in [-0.4, -0.2) is 52.9 Å². The van der Waals surface area contributed by atoms with E-state index in [1.165, 1.54) is 0 Å². The third-order valence-corrected chi connectivity index (χ3v) is 4.83. The van der Waals surface area contributed by atoms with Crippen LogP contribution in [0.25, 0.3) is 11.4 Å². The molecule has 7 nitrogen and oxygen atoms in total. The number of rotatable bonds is 9. The molecule has 1 amide bonds. The van der Waals surface area contributed by atoms with Crippen LogP contribution in [0, 0.1) is 4.77 Å². The summed E-state index contributed by atoms with van der Waals surface area (Å²) in [4.78, 5) is 14.2. The van der Waals surface area contributed by atoms with Gasteiger partial charge in [-0.3, -0.25) is 14.5 Å². The van der Waals surface area contributed by atoms with E-state index in [0.29, 0.717) is 36.7 Å². The number of benzene rings is 2. The van der Waals surface area contributed by atoms with Crippen molar-refractivity contribution in [3.05, 3.63) is 59.4 Å². The van der Waals surface area contributed by atoms with Gasteiger partial charge in [0.15, 0.2) is 10.6 Å². The number of para-hydroxylation sites is 1. The van der Waals surface area contributed by atoms with Crippen LogP contribution in [0.2, 0.25) is 0 Å². The van der Waals surface area contributed by atoms with Crippen LogP contribution in [0.3, 0.4) is 0 Å². The fraction of sp³-hybridized carbons (Fsp3) is 0.286. The maximum atomic E-state index is 12.5. The fourth-order valence-corrected chi connectivity index (χ4v) is 3.05. The Bertz CT molecular complexity index is 983. The first-order valence-corrected chi connectivity index (χ1v) is 9.70.